The monoisotopic (exact) mass is 228 g/mol. The highest BCUT2D eigenvalue weighted by Crippen LogP contribution is 2.24. The van der Waals surface area contributed by atoms with Crippen LogP contribution in [0.25, 0.3) is 0 Å². The fourth-order valence-electron chi connectivity index (χ4n) is 1.65. The smallest absolute Gasteiger partial charge is 0.179 e. The number of halogens is 1. The second-order valence-corrected chi connectivity index (χ2v) is 5.56. The van der Waals surface area contributed by atoms with Crippen molar-refractivity contribution < 1.29 is 17.6 Å². The maximum atomic E-state index is 12.9. The molecule has 0 saturated carbocycles. The van der Waals surface area contributed by atoms with E-state index in [1.54, 1.807) is 0 Å². The average Bonchev–Trinajstić information content (AvgIpc) is 2.26. The van der Waals surface area contributed by atoms with Gasteiger partial charge in [-0.15, -0.1) is 0 Å². The Balaban J connectivity index is 2.74. The Labute approximate surface area is 86.8 Å². The topological polar surface area (TPSA) is 51.2 Å². The Morgan fingerprint density at radius 1 is 1.27 bits per heavy atom. The number of hydrogen-bond acceptors (Lipinski definition) is 3. The molecule has 1 heterocycles. The zero-order chi connectivity index (χ0) is 11.1. The average molecular weight is 228 g/mol. The molecule has 0 fully saturated rings. The Hall–Kier alpha value is -1.23. The molecule has 2 rings (SSSR count). The van der Waals surface area contributed by atoms with Crippen LogP contribution in [0.4, 0.5) is 4.39 Å². The second-order valence-electron chi connectivity index (χ2n) is 3.49. The van der Waals surface area contributed by atoms with Gasteiger partial charge in [-0.2, -0.15) is 0 Å². The van der Waals surface area contributed by atoms with Crippen LogP contribution in [0.5, 0.6) is 0 Å². The fraction of sp³-hybridized carbons (Fsp3) is 0.300. The maximum Gasteiger partial charge on any atom is 0.179 e. The Morgan fingerprint density at radius 3 is 2.73 bits per heavy atom. The Kier molecular flexibility index (Phi) is 2.34. The summed E-state index contributed by atoms with van der Waals surface area (Å²) in [6.07, 6.45) is 0.509. The van der Waals surface area contributed by atoms with Gasteiger partial charge in [0, 0.05) is 12.0 Å². The predicted molar refractivity (Wildman–Crippen MR) is 52.0 cm³/mol. The number of carbonyl (C=O) groups excluding carboxylic acids is 1. The van der Waals surface area contributed by atoms with E-state index in [9.17, 15) is 17.6 Å². The van der Waals surface area contributed by atoms with Gasteiger partial charge in [0.2, 0.25) is 0 Å². The van der Waals surface area contributed by atoms with Gasteiger partial charge in [0.25, 0.3) is 0 Å². The molecule has 0 amide bonds. The molecule has 15 heavy (non-hydrogen) atoms. The predicted octanol–water partition coefficient (Wildman–Crippen LogP) is 1.58. The van der Waals surface area contributed by atoms with E-state index in [1.807, 2.05) is 0 Å². The van der Waals surface area contributed by atoms with Crippen LogP contribution in [-0.4, -0.2) is 20.0 Å². The van der Waals surface area contributed by atoms with E-state index in [1.165, 1.54) is 6.07 Å². The highest BCUT2D eigenvalue weighted by molar-refractivity contribution is 7.91. The summed E-state index contributed by atoms with van der Waals surface area (Å²) in [6, 6.07) is 3.28. The first kappa shape index (κ1) is 10.3. The van der Waals surface area contributed by atoms with Crippen LogP contribution in [0, 0.1) is 5.82 Å². The van der Waals surface area contributed by atoms with Crippen LogP contribution in [0.3, 0.4) is 0 Å². The van der Waals surface area contributed by atoms with E-state index in [4.69, 9.17) is 0 Å². The number of rotatable bonds is 0. The maximum absolute atomic E-state index is 12.9. The number of carbonyl (C=O) groups is 1. The van der Waals surface area contributed by atoms with Crippen molar-refractivity contribution in [3.63, 3.8) is 0 Å². The highest BCUT2D eigenvalue weighted by atomic mass is 32.2. The number of hydrogen-bond donors (Lipinski definition) is 0. The number of sulfone groups is 1. The minimum Gasteiger partial charge on any atom is -0.294 e. The summed E-state index contributed by atoms with van der Waals surface area (Å²) in [7, 11) is -3.49. The molecule has 1 aromatic carbocycles. The first-order valence-corrected chi connectivity index (χ1v) is 6.21. The largest absolute Gasteiger partial charge is 0.294 e. The van der Waals surface area contributed by atoms with Crippen molar-refractivity contribution in [3.05, 3.63) is 29.6 Å². The molecule has 5 heteroatoms. The lowest BCUT2D eigenvalue weighted by molar-refractivity contribution is 0.0980. The summed E-state index contributed by atoms with van der Waals surface area (Å²) in [5, 5.41) is 0. The van der Waals surface area contributed by atoms with Crippen LogP contribution >= 0.6 is 0 Å². The Bertz CT molecular complexity index is 519. The lowest BCUT2D eigenvalue weighted by Crippen LogP contribution is -2.07. The number of ketones is 1. The molecule has 0 N–H and O–H groups in total. The number of fused-ring (bicyclic) bond motifs is 1. The van der Waals surface area contributed by atoms with E-state index in [0.717, 1.165) is 12.1 Å². The molecule has 0 unspecified atom stereocenters. The quantitative estimate of drug-likeness (QED) is 0.677. The van der Waals surface area contributed by atoms with Gasteiger partial charge in [0.15, 0.2) is 15.6 Å². The molecule has 0 spiro atoms. The van der Waals surface area contributed by atoms with E-state index < -0.39 is 15.7 Å². The van der Waals surface area contributed by atoms with Crippen molar-refractivity contribution in [3.8, 4) is 0 Å². The van der Waals surface area contributed by atoms with Crippen molar-refractivity contribution in [2.24, 2.45) is 0 Å². The number of benzene rings is 1. The third-order valence-electron chi connectivity index (χ3n) is 2.40. The molecule has 0 bridgehead atoms. The molecule has 0 radical (unpaired) electrons. The van der Waals surface area contributed by atoms with Gasteiger partial charge in [-0.05, 0) is 24.6 Å². The van der Waals surface area contributed by atoms with Gasteiger partial charge in [-0.1, -0.05) is 0 Å². The lowest BCUT2D eigenvalue weighted by Gasteiger charge is -2.04. The molecule has 80 valence electrons. The lowest BCUT2D eigenvalue weighted by atomic mass is 10.1. The molecular formula is C10H9FO3S. The normalized spacial score (nSPS) is 19.4. The zero-order valence-corrected chi connectivity index (χ0v) is 8.68. The SMILES string of the molecule is O=C1CCCS(=O)(=O)c2cc(F)ccc21. The first-order valence-electron chi connectivity index (χ1n) is 4.56. The zero-order valence-electron chi connectivity index (χ0n) is 7.86. The second kappa shape index (κ2) is 3.41. The van der Waals surface area contributed by atoms with Gasteiger partial charge in [0.1, 0.15) is 5.82 Å². The molecule has 0 aromatic heterocycles. The molecule has 0 saturated heterocycles. The van der Waals surface area contributed by atoms with E-state index in [2.05, 4.69) is 0 Å². The van der Waals surface area contributed by atoms with Crippen molar-refractivity contribution >= 4 is 15.6 Å². The van der Waals surface area contributed by atoms with Crippen molar-refractivity contribution in [1.29, 1.82) is 0 Å². The molecule has 1 aromatic rings. The van der Waals surface area contributed by atoms with Gasteiger partial charge < -0.3 is 0 Å². The third-order valence-corrected chi connectivity index (χ3v) is 4.23. The van der Waals surface area contributed by atoms with E-state index in [-0.39, 0.29) is 28.4 Å². The molecule has 0 atom stereocenters. The van der Waals surface area contributed by atoms with Gasteiger partial charge in [-0.25, -0.2) is 12.8 Å². The first-order chi connectivity index (χ1) is 7.00. The van der Waals surface area contributed by atoms with Crippen molar-refractivity contribution in [1.82, 2.24) is 0 Å². The molecular weight excluding hydrogens is 219 g/mol. The van der Waals surface area contributed by atoms with Gasteiger partial charge >= 0.3 is 0 Å². The molecule has 0 aliphatic carbocycles. The summed E-state index contributed by atoms with van der Waals surface area (Å²) >= 11 is 0. The summed E-state index contributed by atoms with van der Waals surface area (Å²) in [4.78, 5) is 11.4. The minimum absolute atomic E-state index is 0.0881. The van der Waals surface area contributed by atoms with Crippen LogP contribution in [0.2, 0.25) is 0 Å². The standard InChI is InChI=1S/C10H9FO3S/c11-7-3-4-8-9(12)2-1-5-15(13,14)10(8)6-7/h3-4,6H,1-2,5H2. The van der Waals surface area contributed by atoms with E-state index in [0.29, 0.717) is 6.42 Å². The molecule has 1 aliphatic rings. The highest BCUT2D eigenvalue weighted by Gasteiger charge is 2.26. The van der Waals surface area contributed by atoms with Crippen LogP contribution in [-0.2, 0) is 9.84 Å². The summed E-state index contributed by atoms with van der Waals surface area (Å²) in [5.41, 5.74) is 0.119. The van der Waals surface area contributed by atoms with Gasteiger partial charge in [-0.3, -0.25) is 4.79 Å². The van der Waals surface area contributed by atoms with Crippen molar-refractivity contribution in [2.45, 2.75) is 17.7 Å². The summed E-state index contributed by atoms with van der Waals surface area (Å²) in [6.45, 7) is 0. The van der Waals surface area contributed by atoms with Crippen LogP contribution in [0.1, 0.15) is 23.2 Å². The van der Waals surface area contributed by atoms with E-state index >= 15 is 0 Å². The van der Waals surface area contributed by atoms with Crippen LogP contribution < -0.4 is 0 Å². The summed E-state index contributed by atoms with van der Waals surface area (Å²) < 4.78 is 36.3. The number of Topliss-reactive ketones (excluding diaryl/α,β-unsaturated/α-hetero) is 1. The van der Waals surface area contributed by atoms with Crippen LogP contribution in [0.15, 0.2) is 23.1 Å². The summed E-state index contributed by atoms with van der Waals surface area (Å²) in [5.74, 6) is -0.951. The molecule has 1 aliphatic heterocycles. The molecule has 3 nitrogen and oxygen atoms in total. The van der Waals surface area contributed by atoms with Crippen molar-refractivity contribution in [2.75, 3.05) is 5.75 Å². The van der Waals surface area contributed by atoms with Gasteiger partial charge in [0.05, 0.1) is 10.6 Å². The Morgan fingerprint density at radius 2 is 2.00 bits per heavy atom. The minimum atomic E-state index is -3.49. The third kappa shape index (κ3) is 1.79. The fourth-order valence-corrected chi connectivity index (χ4v) is 3.20.